The Kier molecular flexibility index (Phi) is 7.16. The Bertz CT molecular complexity index is 1170. The predicted octanol–water partition coefficient (Wildman–Crippen LogP) is 5.96. The Balaban J connectivity index is 1.33. The quantitative estimate of drug-likeness (QED) is 0.247. The molecule has 1 aliphatic heterocycles. The van der Waals surface area contributed by atoms with E-state index in [0.29, 0.717) is 28.2 Å². The SMILES string of the molecule is CC(C)(c1ccccc1)c1ccc(OCCOc2ccccc2C=C2SC(=S)NC2=O)cc1. The molecule has 168 valence electrons. The number of hydrogen-bond acceptors (Lipinski definition) is 5. The molecular weight excluding hydrogens is 450 g/mol. The van der Waals surface area contributed by atoms with Gasteiger partial charge in [-0.05, 0) is 35.4 Å². The van der Waals surface area contributed by atoms with Gasteiger partial charge in [0.25, 0.3) is 5.91 Å². The van der Waals surface area contributed by atoms with E-state index < -0.39 is 0 Å². The summed E-state index contributed by atoms with van der Waals surface area (Å²) in [6.07, 6.45) is 1.79. The topological polar surface area (TPSA) is 47.6 Å². The van der Waals surface area contributed by atoms with Gasteiger partial charge in [-0.15, -0.1) is 0 Å². The first-order chi connectivity index (χ1) is 15.9. The van der Waals surface area contributed by atoms with Crippen molar-refractivity contribution in [3.63, 3.8) is 0 Å². The van der Waals surface area contributed by atoms with Gasteiger partial charge in [-0.3, -0.25) is 4.79 Å². The van der Waals surface area contributed by atoms with Gasteiger partial charge >= 0.3 is 0 Å². The Morgan fingerprint density at radius 1 is 0.879 bits per heavy atom. The number of ether oxygens (including phenoxy) is 2. The molecule has 33 heavy (non-hydrogen) atoms. The summed E-state index contributed by atoms with van der Waals surface area (Å²) in [7, 11) is 0. The van der Waals surface area contributed by atoms with E-state index in [1.807, 2.05) is 42.5 Å². The number of benzene rings is 3. The zero-order chi connectivity index (χ0) is 23.3. The van der Waals surface area contributed by atoms with Crippen LogP contribution in [-0.4, -0.2) is 23.4 Å². The first-order valence-electron chi connectivity index (χ1n) is 10.7. The first kappa shape index (κ1) is 23.1. The van der Waals surface area contributed by atoms with E-state index in [-0.39, 0.29) is 11.3 Å². The van der Waals surface area contributed by atoms with Crippen LogP contribution in [-0.2, 0) is 10.2 Å². The molecule has 3 aromatic carbocycles. The maximum Gasteiger partial charge on any atom is 0.263 e. The van der Waals surface area contributed by atoms with Crippen LogP contribution in [0.5, 0.6) is 11.5 Å². The van der Waals surface area contributed by atoms with E-state index in [0.717, 1.165) is 11.3 Å². The fourth-order valence-electron chi connectivity index (χ4n) is 3.59. The lowest BCUT2D eigenvalue weighted by atomic mass is 9.78. The van der Waals surface area contributed by atoms with E-state index in [1.165, 1.54) is 22.9 Å². The van der Waals surface area contributed by atoms with Crippen molar-refractivity contribution in [1.29, 1.82) is 0 Å². The third kappa shape index (κ3) is 5.64. The number of carbonyl (C=O) groups excluding carboxylic acids is 1. The van der Waals surface area contributed by atoms with E-state index in [9.17, 15) is 4.79 Å². The van der Waals surface area contributed by atoms with Crippen molar-refractivity contribution in [2.75, 3.05) is 13.2 Å². The Morgan fingerprint density at radius 3 is 2.21 bits per heavy atom. The number of hydrogen-bond donors (Lipinski definition) is 1. The summed E-state index contributed by atoms with van der Waals surface area (Å²) < 4.78 is 12.3. The molecule has 0 atom stereocenters. The number of amides is 1. The third-order valence-electron chi connectivity index (χ3n) is 5.53. The van der Waals surface area contributed by atoms with Gasteiger partial charge in [-0.1, -0.05) is 98.5 Å². The standard InChI is InChI=1S/C27H25NO3S2/c1-27(2,20-9-4-3-5-10-20)21-12-14-22(15-13-21)30-16-17-31-23-11-7-6-8-19(23)18-24-25(29)28-26(32)33-24/h3-15,18H,16-17H2,1-2H3,(H,28,29,32). The summed E-state index contributed by atoms with van der Waals surface area (Å²) in [6.45, 7) is 5.24. The molecule has 1 amide bonds. The molecule has 1 N–H and O–H groups in total. The fraction of sp³-hybridized carbons (Fsp3) is 0.185. The van der Waals surface area contributed by atoms with Crippen molar-refractivity contribution in [3.8, 4) is 11.5 Å². The number of thioether (sulfide) groups is 1. The highest BCUT2D eigenvalue weighted by Gasteiger charge is 2.23. The lowest BCUT2D eigenvalue weighted by Crippen LogP contribution is -2.18. The predicted molar refractivity (Wildman–Crippen MR) is 139 cm³/mol. The molecule has 0 aliphatic carbocycles. The van der Waals surface area contributed by atoms with Crippen molar-refractivity contribution >= 4 is 40.3 Å². The first-order valence-corrected chi connectivity index (χ1v) is 11.9. The lowest BCUT2D eigenvalue weighted by molar-refractivity contribution is -0.115. The monoisotopic (exact) mass is 475 g/mol. The molecule has 1 aliphatic rings. The average Bonchev–Trinajstić information content (AvgIpc) is 3.15. The fourth-order valence-corrected chi connectivity index (χ4v) is 4.63. The van der Waals surface area contributed by atoms with Gasteiger partial charge in [0.2, 0.25) is 0 Å². The van der Waals surface area contributed by atoms with Crippen LogP contribution in [0.25, 0.3) is 6.08 Å². The number of nitrogens with one attached hydrogen (secondary N) is 1. The van der Waals surface area contributed by atoms with Gasteiger partial charge in [-0.2, -0.15) is 0 Å². The second kappa shape index (κ2) is 10.2. The highest BCUT2D eigenvalue weighted by molar-refractivity contribution is 8.26. The molecule has 1 fully saturated rings. The van der Waals surface area contributed by atoms with Gasteiger partial charge in [0.15, 0.2) is 0 Å². The molecule has 0 spiro atoms. The summed E-state index contributed by atoms with van der Waals surface area (Å²) in [5.74, 6) is 1.32. The maximum atomic E-state index is 11.9. The normalized spacial score (nSPS) is 14.9. The Hall–Kier alpha value is -3.09. The highest BCUT2D eigenvalue weighted by atomic mass is 32.2. The molecular formula is C27H25NO3S2. The molecule has 0 aromatic heterocycles. The van der Waals surface area contributed by atoms with Crippen molar-refractivity contribution in [1.82, 2.24) is 5.32 Å². The van der Waals surface area contributed by atoms with Crippen LogP contribution in [0.3, 0.4) is 0 Å². The second-order valence-electron chi connectivity index (χ2n) is 8.10. The summed E-state index contributed by atoms with van der Waals surface area (Å²) in [6, 6.07) is 26.3. The van der Waals surface area contributed by atoms with Crippen molar-refractivity contribution in [2.45, 2.75) is 19.3 Å². The maximum absolute atomic E-state index is 11.9. The Morgan fingerprint density at radius 2 is 1.52 bits per heavy atom. The van der Waals surface area contributed by atoms with Crippen LogP contribution in [0.15, 0.2) is 83.8 Å². The van der Waals surface area contributed by atoms with E-state index in [2.05, 4.69) is 55.6 Å². The minimum atomic E-state index is -0.179. The van der Waals surface area contributed by atoms with Gasteiger partial charge in [0.1, 0.15) is 29.0 Å². The van der Waals surface area contributed by atoms with Gasteiger partial charge in [0.05, 0.1) is 4.91 Å². The average molecular weight is 476 g/mol. The molecule has 0 unspecified atom stereocenters. The van der Waals surface area contributed by atoms with Crippen molar-refractivity contribution < 1.29 is 14.3 Å². The van der Waals surface area contributed by atoms with Gasteiger partial charge in [-0.25, -0.2) is 0 Å². The summed E-state index contributed by atoms with van der Waals surface area (Å²) in [5.41, 5.74) is 3.25. The largest absolute Gasteiger partial charge is 0.490 e. The molecule has 0 bridgehead atoms. The number of carbonyl (C=O) groups is 1. The van der Waals surface area contributed by atoms with E-state index >= 15 is 0 Å². The minimum Gasteiger partial charge on any atom is -0.490 e. The molecule has 3 aromatic rings. The van der Waals surface area contributed by atoms with Crippen LogP contribution in [0, 0.1) is 0 Å². The summed E-state index contributed by atoms with van der Waals surface area (Å²) >= 11 is 6.31. The van der Waals surface area contributed by atoms with Gasteiger partial charge < -0.3 is 14.8 Å². The van der Waals surface area contributed by atoms with E-state index in [4.69, 9.17) is 21.7 Å². The van der Waals surface area contributed by atoms with Crippen LogP contribution in [0.4, 0.5) is 0 Å². The second-order valence-corrected chi connectivity index (χ2v) is 9.82. The van der Waals surface area contributed by atoms with Gasteiger partial charge in [0, 0.05) is 11.0 Å². The minimum absolute atomic E-state index is 0.0840. The molecule has 0 radical (unpaired) electrons. The smallest absolute Gasteiger partial charge is 0.263 e. The molecule has 1 saturated heterocycles. The Labute approximate surface area is 204 Å². The molecule has 4 rings (SSSR count). The van der Waals surface area contributed by atoms with Crippen LogP contribution >= 0.6 is 24.0 Å². The number of thiocarbonyl (C=S) groups is 1. The third-order valence-corrected chi connectivity index (χ3v) is 6.69. The summed E-state index contributed by atoms with van der Waals surface area (Å²) in [5, 5.41) is 2.63. The number of para-hydroxylation sites is 1. The highest BCUT2D eigenvalue weighted by Crippen LogP contribution is 2.32. The molecule has 4 nitrogen and oxygen atoms in total. The van der Waals surface area contributed by atoms with Crippen molar-refractivity contribution in [3.05, 3.63) is 100 Å². The van der Waals surface area contributed by atoms with Crippen LogP contribution in [0.2, 0.25) is 0 Å². The van der Waals surface area contributed by atoms with Crippen LogP contribution in [0.1, 0.15) is 30.5 Å². The zero-order valence-corrected chi connectivity index (χ0v) is 20.2. The van der Waals surface area contributed by atoms with Crippen molar-refractivity contribution in [2.24, 2.45) is 0 Å². The summed E-state index contributed by atoms with van der Waals surface area (Å²) in [4.78, 5) is 12.5. The molecule has 0 saturated carbocycles. The molecule has 6 heteroatoms. The lowest BCUT2D eigenvalue weighted by Gasteiger charge is -2.26. The number of rotatable bonds is 8. The molecule has 1 heterocycles. The van der Waals surface area contributed by atoms with Crippen LogP contribution < -0.4 is 14.8 Å². The van der Waals surface area contributed by atoms with E-state index in [1.54, 1.807) is 6.08 Å². The zero-order valence-electron chi connectivity index (χ0n) is 18.5.